The van der Waals surface area contributed by atoms with Crippen LogP contribution in [0.2, 0.25) is 5.02 Å². The third-order valence-electron chi connectivity index (χ3n) is 4.11. The van der Waals surface area contributed by atoms with Gasteiger partial charge in [0.2, 0.25) is 0 Å². The van der Waals surface area contributed by atoms with E-state index in [1.54, 1.807) is 0 Å². The molecule has 1 N–H and O–H groups in total. The quantitative estimate of drug-likeness (QED) is 0.898. The Labute approximate surface area is 122 Å². The molecule has 0 aliphatic carbocycles. The van der Waals surface area contributed by atoms with E-state index in [0.717, 1.165) is 24.7 Å². The van der Waals surface area contributed by atoms with Crippen LogP contribution in [0.25, 0.3) is 0 Å². The molecule has 1 aromatic rings. The molecule has 2 rings (SSSR count). The van der Waals surface area contributed by atoms with Gasteiger partial charge < -0.3 is 10.2 Å². The van der Waals surface area contributed by atoms with E-state index in [0.29, 0.717) is 5.41 Å². The van der Waals surface area contributed by atoms with Gasteiger partial charge in [0.15, 0.2) is 0 Å². The average Bonchev–Trinajstić information content (AvgIpc) is 2.53. The number of halogens is 1. The summed E-state index contributed by atoms with van der Waals surface area (Å²) in [5, 5.41) is 4.02. The summed E-state index contributed by atoms with van der Waals surface area (Å²) in [5.74, 6) is 0. The standard InChI is InChI=1S/C16H25ClN2/c1-16(2)7-4-9-19(10-8-16)14-6-5-13(12-18-3)15(17)11-14/h5-6,11,18H,4,7-10,12H2,1-3H3. The molecule has 1 heterocycles. The first-order valence-corrected chi connectivity index (χ1v) is 7.58. The predicted molar refractivity (Wildman–Crippen MR) is 84.1 cm³/mol. The highest BCUT2D eigenvalue weighted by atomic mass is 35.5. The molecule has 3 heteroatoms. The molecule has 0 amide bonds. The zero-order valence-electron chi connectivity index (χ0n) is 12.3. The smallest absolute Gasteiger partial charge is 0.0471 e. The molecule has 1 saturated heterocycles. The summed E-state index contributed by atoms with van der Waals surface area (Å²) in [7, 11) is 1.95. The lowest BCUT2D eigenvalue weighted by atomic mass is 9.85. The van der Waals surface area contributed by atoms with Gasteiger partial charge in [-0.3, -0.25) is 0 Å². The van der Waals surface area contributed by atoms with Crippen molar-refractivity contribution in [3.05, 3.63) is 28.8 Å². The number of benzene rings is 1. The zero-order chi connectivity index (χ0) is 13.9. The second-order valence-corrected chi connectivity index (χ2v) is 6.72. The highest BCUT2D eigenvalue weighted by Gasteiger charge is 2.23. The van der Waals surface area contributed by atoms with Crippen LogP contribution in [-0.4, -0.2) is 20.1 Å². The van der Waals surface area contributed by atoms with Crippen molar-refractivity contribution in [2.75, 3.05) is 25.0 Å². The van der Waals surface area contributed by atoms with Gasteiger partial charge in [-0.2, -0.15) is 0 Å². The minimum atomic E-state index is 0.477. The van der Waals surface area contributed by atoms with Crippen molar-refractivity contribution in [2.45, 2.75) is 39.7 Å². The van der Waals surface area contributed by atoms with Gasteiger partial charge in [0.25, 0.3) is 0 Å². The molecule has 0 radical (unpaired) electrons. The molecule has 0 atom stereocenters. The second-order valence-electron chi connectivity index (χ2n) is 6.31. The van der Waals surface area contributed by atoms with Crippen molar-refractivity contribution in [1.82, 2.24) is 5.32 Å². The Kier molecular flexibility index (Phi) is 4.75. The number of hydrogen-bond donors (Lipinski definition) is 1. The molecule has 0 bridgehead atoms. The maximum absolute atomic E-state index is 6.36. The third-order valence-corrected chi connectivity index (χ3v) is 4.46. The Morgan fingerprint density at radius 3 is 2.74 bits per heavy atom. The summed E-state index contributed by atoms with van der Waals surface area (Å²) >= 11 is 6.36. The minimum Gasteiger partial charge on any atom is -0.371 e. The highest BCUT2D eigenvalue weighted by molar-refractivity contribution is 6.31. The Balaban J connectivity index is 2.11. The molecule has 0 aromatic heterocycles. The second kappa shape index (κ2) is 6.15. The van der Waals surface area contributed by atoms with Gasteiger partial charge in [-0.05, 0) is 49.4 Å². The van der Waals surface area contributed by atoms with Crippen LogP contribution in [0.1, 0.15) is 38.7 Å². The molecule has 0 unspecified atom stereocenters. The number of nitrogens with one attached hydrogen (secondary N) is 1. The van der Waals surface area contributed by atoms with Crippen molar-refractivity contribution >= 4 is 17.3 Å². The van der Waals surface area contributed by atoms with Gasteiger partial charge in [-0.1, -0.05) is 31.5 Å². The van der Waals surface area contributed by atoms with Crippen LogP contribution < -0.4 is 10.2 Å². The Hall–Kier alpha value is -0.730. The van der Waals surface area contributed by atoms with Crippen LogP contribution >= 0.6 is 11.6 Å². The molecule has 1 fully saturated rings. The van der Waals surface area contributed by atoms with E-state index < -0.39 is 0 Å². The van der Waals surface area contributed by atoms with Gasteiger partial charge in [-0.25, -0.2) is 0 Å². The fourth-order valence-electron chi connectivity index (χ4n) is 2.75. The molecule has 0 spiro atoms. The average molecular weight is 281 g/mol. The van der Waals surface area contributed by atoms with Crippen molar-refractivity contribution in [3.8, 4) is 0 Å². The van der Waals surface area contributed by atoms with Crippen molar-refractivity contribution < 1.29 is 0 Å². The molecule has 0 saturated carbocycles. The molecular weight excluding hydrogens is 256 g/mol. The first-order chi connectivity index (χ1) is 9.02. The van der Waals surface area contributed by atoms with Gasteiger partial charge in [-0.15, -0.1) is 0 Å². The number of rotatable bonds is 3. The maximum Gasteiger partial charge on any atom is 0.0471 e. The Bertz CT molecular complexity index is 429. The number of anilines is 1. The van der Waals surface area contributed by atoms with E-state index in [1.165, 1.54) is 30.5 Å². The Morgan fingerprint density at radius 1 is 1.26 bits per heavy atom. The van der Waals surface area contributed by atoms with Crippen LogP contribution in [0.4, 0.5) is 5.69 Å². The van der Waals surface area contributed by atoms with Crippen LogP contribution in [-0.2, 0) is 6.54 Å². The summed E-state index contributed by atoms with van der Waals surface area (Å²) < 4.78 is 0. The fraction of sp³-hybridized carbons (Fsp3) is 0.625. The molecule has 2 nitrogen and oxygen atoms in total. The maximum atomic E-state index is 6.36. The summed E-state index contributed by atoms with van der Waals surface area (Å²) in [6.45, 7) is 7.85. The van der Waals surface area contributed by atoms with E-state index in [1.807, 2.05) is 7.05 Å². The lowest BCUT2D eigenvalue weighted by molar-refractivity contribution is 0.325. The molecule has 1 aliphatic rings. The van der Waals surface area contributed by atoms with Crippen molar-refractivity contribution in [1.29, 1.82) is 0 Å². The molecule has 1 aliphatic heterocycles. The van der Waals surface area contributed by atoms with Gasteiger partial charge in [0, 0.05) is 30.3 Å². The lowest BCUT2D eigenvalue weighted by Crippen LogP contribution is -2.25. The fourth-order valence-corrected chi connectivity index (χ4v) is 2.99. The minimum absolute atomic E-state index is 0.477. The highest BCUT2D eigenvalue weighted by Crippen LogP contribution is 2.32. The van der Waals surface area contributed by atoms with E-state index in [2.05, 4.69) is 42.3 Å². The topological polar surface area (TPSA) is 15.3 Å². The Morgan fingerprint density at radius 2 is 2.05 bits per heavy atom. The molecule has 19 heavy (non-hydrogen) atoms. The summed E-state index contributed by atoms with van der Waals surface area (Å²) in [5.41, 5.74) is 2.91. The van der Waals surface area contributed by atoms with Gasteiger partial charge in [0.05, 0.1) is 0 Å². The monoisotopic (exact) mass is 280 g/mol. The first kappa shape index (κ1) is 14.7. The van der Waals surface area contributed by atoms with Gasteiger partial charge >= 0.3 is 0 Å². The summed E-state index contributed by atoms with van der Waals surface area (Å²) in [6, 6.07) is 6.47. The molecular formula is C16H25ClN2. The zero-order valence-corrected chi connectivity index (χ0v) is 13.1. The van der Waals surface area contributed by atoms with E-state index in [4.69, 9.17) is 11.6 Å². The van der Waals surface area contributed by atoms with Crippen molar-refractivity contribution in [3.63, 3.8) is 0 Å². The van der Waals surface area contributed by atoms with Crippen LogP contribution in [0.15, 0.2) is 18.2 Å². The molecule has 106 valence electrons. The number of hydrogen-bond acceptors (Lipinski definition) is 2. The predicted octanol–water partition coefficient (Wildman–Crippen LogP) is 4.08. The first-order valence-electron chi connectivity index (χ1n) is 7.20. The largest absolute Gasteiger partial charge is 0.371 e. The van der Waals surface area contributed by atoms with E-state index in [9.17, 15) is 0 Å². The van der Waals surface area contributed by atoms with E-state index in [-0.39, 0.29) is 0 Å². The van der Waals surface area contributed by atoms with Gasteiger partial charge in [0.1, 0.15) is 0 Å². The normalized spacial score (nSPS) is 19.3. The summed E-state index contributed by atoms with van der Waals surface area (Å²) in [6.07, 6.45) is 3.83. The SMILES string of the molecule is CNCc1ccc(N2CCCC(C)(C)CC2)cc1Cl. The molecule has 1 aromatic carbocycles. The third kappa shape index (κ3) is 3.87. The van der Waals surface area contributed by atoms with Crippen molar-refractivity contribution in [2.24, 2.45) is 5.41 Å². The lowest BCUT2D eigenvalue weighted by Gasteiger charge is -2.25. The van der Waals surface area contributed by atoms with Crippen LogP contribution in [0.3, 0.4) is 0 Å². The van der Waals surface area contributed by atoms with Crippen LogP contribution in [0, 0.1) is 5.41 Å². The summed E-state index contributed by atoms with van der Waals surface area (Å²) in [4.78, 5) is 2.48. The number of nitrogens with zero attached hydrogens (tertiary/aromatic N) is 1. The van der Waals surface area contributed by atoms with Crippen LogP contribution in [0.5, 0.6) is 0 Å². The van der Waals surface area contributed by atoms with E-state index >= 15 is 0 Å².